The molecule has 0 saturated carbocycles. The third-order valence-electron chi connectivity index (χ3n) is 2.75. The minimum Gasteiger partial charge on any atom is -0.477 e. The molecule has 3 rings (SSSR count). The second-order valence-corrected chi connectivity index (χ2v) is 4.08. The molecular formula is C13H12N4O2. The highest BCUT2D eigenvalue weighted by atomic mass is 16.5. The van der Waals surface area contributed by atoms with Crippen LogP contribution in [0.1, 0.15) is 0 Å². The zero-order valence-electron chi connectivity index (χ0n) is 10.0. The molecule has 1 aliphatic heterocycles. The SMILES string of the molecule is O=C(Nc1cccnn1)C1CNc2ccccc2O1. The Bertz CT molecular complexity index is 588. The van der Waals surface area contributed by atoms with Crippen molar-refractivity contribution in [2.45, 2.75) is 6.10 Å². The van der Waals surface area contributed by atoms with Gasteiger partial charge in [0.2, 0.25) is 0 Å². The van der Waals surface area contributed by atoms with E-state index in [1.165, 1.54) is 0 Å². The van der Waals surface area contributed by atoms with Gasteiger partial charge in [-0.3, -0.25) is 4.79 Å². The van der Waals surface area contributed by atoms with Crippen LogP contribution in [0.2, 0.25) is 0 Å². The lowest BCUT2D eigenvalue weighted by atomic mass is 10.2. The first-order valence-corrected chi connectivity index (χ1v) is 5.91. The Kier molecular flexibility index (Phi) is 2.97. The average molecular weight is 256 g/mol. The number of amides is 1. The molecule has 96 valence electrons. The van der Waals surface area contributed by atoms with Crippen molar-refractivity contribution in [1.29, 1.82) is 0 Å². The van der Waals surface area contributed by atoms with Gasteiger partial charge in [0.15, 0.2) is 11.9 Å². The standard InChI is InChI=1S/C13H12N4O2/c18-13(16-12-6-3-7-15-17-12)11-8-14-9-4-1-2-5-10(9)19-11/h1-7,11,14H,8H2,(H,16,17,18). The van der Waals surface area contributed by atoms with E-state index >= 15 is 0 Å². The summed E-state index contributed by atoms with van der Waals surface area (Å²) in [4.78, 5) is 12.0. The van der Waals surface area contributed by atoms with Crippen molar-refractivity contribution in [2.24, 2.45) is 0 Å². The van der Waals surface area contributed by atoms with E-state index in [1.54, 1.807) is 18.3 Å². The number of aromatic nitrogens is 2. The smallest absolute Gasteiger partial charge is 0.268 e. The Morgan fingerprint density at radius 1 is 1.32 bits per heavy atom. The Morgan fingerprint density at radius 2 is 2.21 bits per heavy atom. The average Bonchev–Trinajstić information content (AvgIpc) is 2.48. The highest BCUT2D eigenvalue weighted by Crippen LogP contribution is 2.28. The van der Waals surface area contributed by atoms with Crippen LogP contribution in [0, 0.1) is 0 Å². The van der Waals surface area contributed by atoms with Gasteiger partial charge < -0.3 is 15.4 Å². The molecule has 0 fully saturated rings. The van der Waals surface area contributed by atoms with Gasteiger partial charge in [-0.1, -0.05) is 12.1 Å². The van der Waals surface area contributed by atoms with Crippen molar-refractivity contribution in [2.75, 3.05) is 17.2 Å². The van der Waals surface area contributed by atoms with Gasteiger partial charge in [0.25, 0.3) is 5.91 Å². The number of hydrogen-bond acceptors (Lipinski definition) is 5. The Balaban J connectivity index is 1.70. The third-order valence-corrected chi connectivity index (χ3v) is 2.75. The number of para-hydroxylation sites is 2. The number of nitrogens with one attached hydrogen (secondary N) is 2. The van der Waals surface area contributed by atoms with Gasteiger partial charge in [-0.25, -0.2) is 0 Å². The fraction of sp³-hybridized carbons (Fsp3) is 0.154. The number of ether oxygens (including phenoxy) is 1. The van der Waals surface area contributed by atoms with E-state index in [-0.39, 0.29) is 5.91 Å². The number of carbonyl (C=O) groups excluding carboxylic acids is 1. The van der Waals surface area contributed by atoms with Crippen molar-refractivity contribution < 1.29 is 9.53 Å². The van der Waals surface area contributed by atoms with Gasteiger partial charge in [0.05, 0.1) is 12.2 Å². The second kappa shape index (κ2) is 4.93. The quantitative estimate of drug-likeness (QED) is 0.846. The second-order valence-electron chi connectivity index (χ2n) is 4.08. The van der Waals surface area contributed by atoms with Gasteiger partial charge in [0, 0.05) is 6.20 Å². The van der Waals surface area contributed by atoms with Gasteiger partial charge in [-0.05, 0) is 24.3 Å². The van der Waals surface area contributed by atoms with E-state index < -0.39 is 6.10 Å². The largest absolute Gasteiger partial charge is 0.477 e. The molecular weight excluding hydrogens is 244 g/mol. The van der Waals surface area contributed by atoms with Crippen LogP contribution in [0.3, 0.4) is 0 Å². The molecule has 1 aromatic heterocycles. The molecule has 6 nitrogen and oxygen atoms in total. The molecule has 0 radical (unpaired) electrons. The van der Waals surface area contributed by atoms with Gasteiger partial charge in [-0.2, -0.15) is 5.10 Å². The summed E-state index contributed by atoms with van der Waals surface area (Å²) >= 11 is 0. The fourth-order valence-corrected chi connectivity index (χ4v) is 1.83. The maximum absolute atomic E-state index is 12.0. The van der Waals surface area contributed by atoms with E-state index in [4.69, 9.17) is 4.74 Å². The maximum Gasteiger partial charge on any atom is 0.268 e. The molecule has 0 saturated heterocycles. The minimum absolute atomic E-state index is 0.248. The molecule has 2 N–H and O–H groups in total. The zero-order chi connectivity index (χ0) is 13.1. The molecule has 2 heterocycles. The molecule has 1 amide bonds. The predicted octanol–water partition coefficient (Wildman–Crippen LogP) is 1.29. The number of fused-ring (bicyclic) bond motifs is 1. The van der Waals surface area contributed by atoms with E-state index in [9.17, 15) is 4.79 Å². The zero-order valence-corrected chi connectivity index (χ0v) is 10.0. The first-order chi connectivity index (χ1) is 9.33. The molecule has 1 atom stereocenters. The van der Waals surface area contributed by atoms with Crippen molar-refractivity contribution in [3.05, 3.63) is 42.6 Å². The van der Waals surface area contributed by atoms with Gasteiger partial charge in [0.1, 0.15) is 5.75 Å². The van der Waals surface area contributed by atoms with Crippen LogP contribution in [0.4, 0.5) is 11.5 Å². The fourth-order valence-electron chi connectivity index (χ4n) is 1.83. The van der Waals surface area contributed by atoms with Crippen LogP contribution in [0.25, 0.3) is 0 Å². The highest BCUT2D eigenvalue weighted by molar-refractivity contribution is 5.94. The molecule has 1 aromatic carbocycles. The summed E-state index contributed by atoms with van der Waals surface area (Å²) in [6, 6.07) is 10.9. The predicted molar refractivity (Wildman–Crippen MR) is 70.0 cm³/mol. The van der Waals surface area contributed by atoms with E-state index in [2.05, 4.69) is 20.8 Å². The molecule has 0 bridgehead atoms. The van der Waals surface area contributed by atoms with E-state index in [0.29, 0.717) is 18.1 Å². The lowest BCUT2D eigenvalue weighted by Gasteiger charge is -2.26. The number of nitrogens with zero attached hydrogens (tertiary/aromatic N) is 2. The number of carbonyl (C=O) groups is 1. The summed E-state index contributed by atoms with van der Waals surface area (Å²) in [6.45, 7) is 0.420. The number of benzene rings is 1. The summed E-state index contributed by atoms with van der Waals surface area (Å²) in [5, 5.41) is 13.3. The summed E-state index contributed by atoms with van der Waals surface area (Å²) < 4.78 is 5.64. The molecule has 19 heavy (non-hydrogen) atoms. The van der Waals surface area contributed by atoms with Gasteiger partial charge >= 0.3 is 0 Å². The van der Waals surface area contributed by atoms with Crippen LogP contribution in [0.15, 0.2) is 42.6 Å². The Labute approximate surface area is 109 Å². The maximum atomic E-state index is 12.0. The van der Waals surface area contributed by atoms with Crippen LogP contribution < -0.4 is 15.4 Å². The number of anilines is 2. The summed E-state index contributed by atoms with van der Waals surface area (Å²) in [6.07, 6.45) is 0.960. The summed E-state index contributed by atoms with van der Waals surface area (Å²) in [5.41, 5.74) is 0.894. The van der Waals surface area contributed by atoms with Crippen molar-refractivity contribution in [3.63, 3.8) is 0 Å². The number of rotatable bonds is 2. The van der Waals surface area contributed by atoms with E-state index in [1.807, 2.05) is 24.3 Å². The Morgan fingerprint density at radius 3 is 3.05 bits per heavy atom. The lowest BCUT2D eigenvalue weighted by molar-refractivity contribution is -0.122. The molecule has 1 aliphatic rings. The van der Waals surface area contributed by atoms with Crippen molar-refractivity contribution >= 4 is 17.4 Å². The van der Waals surface area contributed by atoms with Crippen LogP contribution in [-0.2, 0) is 4.79 Å². The molecule has 1 unspecified atom stereocenters. The van der Waals surface area contributed by atoms with Crippen LogP contribution >= 0.6 is 0 Å². The first kappa shape index (κ1) is 11.5. The third kappa shape index (κ3) is 2.47. The minimum atomic E-state index is -0.586. The lowest BCUT2D eigenvalue weighted by Crippen LogP contribution is -2.41. The molecule has 2 aromatic rings. The van der Waals surface area contributed by atoms with Crippen molar-refractivity contribution in [1.82, 2.24) is 10.2 Å². The Hall–Kier alpha value is -2.63. The molecule has 6 heteroatoms. The number of hydrogen-bond donors (Lipinski definition) is 2. The summed E-state index contributed by atoms with van der Waals surface area (Å²) in [5.74, 6) is 0.838. The van der Waals surface area contributed by atoms with Crippen molar-refractivity contribution in [3.8, 4) is 5.75 Å². The normalized spacial score (nSPS) is 16.7. The van der Waals surface area contributed by atoms with Crippen LogP contribution in [0.5, 0.6) is 5.75 Å². The topological polar surface area (TPSA) is 76.1 Å². The molecule has 0 spiro atoms. The monoisotopic (exact) mass is 256 g/mol. The van der Waals surface area contributed by atoms with E-state index in [0.717, 1.165) is 5.69 Å². The first-order valence-electron chi connectivity index (χ1n) is 5.91. The molecule has 0 aliphatic carbocycles. The van der Waals surface area contributed by atoms with Crippen LogP contribution in [-0.4, -0.2) is 28.8 Å². The summed E-state index contributed by atoms with van der Waals surface area (Å²) in [7, 11) is 0. The van der Waals surface area contributed by atoms with Gasteiger partial charge in [-0.15, -0.1) is 5.10 Å². The highest BCUT2D eigenvalue weighted by Gasteiger charge is 2.25.